The molecule has 0 radical (unpaired) electrons. The summed E-state index contributed by atoms with van der Waals surface area (Å²) in [5.74, 6) is 0.489. The Morgan fingerprint density at radius 1 is 1.04 bits per heavy atom. The van der Waals surface area contributed by atoms with Crippen molar-refractivity contribution in [3.05, 3.63) is 28.8 Å². The summed E-state index contributed by atoms with van der Waals surface area (Å²) in [5, 5.41) is -4.87. The highest BCUT2D eigenvalue weighted by Gasteiger charge is 2.52. The van der Waals surface area contributed by atoms with Crippen molar-refractivity contribution in [2.45, 2.75) is 77.1 Å². The SMILES string of the molecule is Cc1cc(C(C)(C)C)c(OCCC(F)C(F)(F)S(=O)(=O)O)c(C(C)(C)C)c1. The lowest BCUT2D eigenvalue weighted by atomic mass is 9.78. The molecule has 1 atom stereocenters. The number of alkyl halides is 3. The number of halogens is 3. The van der Waals surface area contributed by atoms with Gasteiger partial charge in [0.25, 0.3) is 0 Å². The van der Waals surface area contributed by atoms with E-state index in [-0.39, 0.29) is 10.8 Å². The van der Waals surface area contributed by atoms with Gasteiger partial charge in [-0.3, -0.25) is 4.55 Å². The van der Waals surface area contributed by atoms with E-state index in [4.69, 9.17) is 9.29 Å². The van der Waals surface area contributed by atoms with Gasteiger partial charge in [-0.25, -0.2) is 4.39 Å². The Balaban J connectivity index is 3.20. The van der Waals surface area contributed by atoms with Crippen LogP contribution >= 0.6 is 0 Å². The van der Waals surface area contributed by atoms with Gasteiger partial charge in [0.15, 0.2) is 6.17 Å². The van der Waals surface area contributed by atoms with Crippen LogP contribution in [0.5, 0.6) is 5.75 Å². The van der Waals surface area contributed by atoms with E-state index < -0.39 is 34.6 Å². The van der Waals surface area contributed by atoms with E-state index in [1.165, 1.54) is 0 Å². The predicted octanol–water partition coefficient (Wildman–Crippen LogP) is 5.18. The molecule has 1 aromatic rings. The highest BCUT2D eigenvalue weighted by molar-refractivity contribution is 7.86. The highest BCUT2D eigenvalue weighted by Crippen LogP contribution is 2.41. The van der Waals surface area contributed by atoms with Crippen LogP contribution in [0.4, 0.5) is 13.2 Å². The Hall–Kier alpha value is -1.28. The largest absolute Gasteiger partial charge is 0.493 e. The summed E-state index contributed by atoms with van der Waals surface area (Å²) in [4.78, 5) is 0. The molecule has 0 aliphatic heterocycles. The molecule has 0 aliphatic carbocycles. The topological polar surface area (TPSA) is 63.6 Å². The molecule has 0 amide bonds. The Morgan fingerprint density at radius 2 is 1.44 bits per heavy atom. The molecule has 0 saturated carbocycles. The Kier molecular flexibility index (Phi) is 6.71. The van der Waals surface area contributed by atoms with Gasteiger partial charge in [0, 0.05) is 17.5 Å². The lowest BCUT2D eigenvalue weighted by molar-refractivity contribution is -0.0112. The molecule has 0 aliphatic rings. The first-order valence-electron chi connectivity index (χ1n) is 8.66. The zero-order chi connectivity index (χ0) is 21.4. The molecule has 8 heteroatoms. The molecule has 1 rings (SSSR count). The van der Waals surface area contributed by atoms with Crippen molar-refractivity contribution in [1.82, 2.24) is 0 Å². The second-order valence-electron chi connectivity index (χ2n) is 8.83. The van der Waals surface area contributed by atoms with Gasteiger partial charge < -0.3 is 4.74 Å². The van der Waals surface area contributed by atoms with Crippen LogP contribution in [0.15, 0.2) is 12.1 Å². The maximum atomic E-state index is 13.7. The summed E-state index contributed by atoms with van der Waals surface area (Å²) < 4.78 is 76.0. The molecular weight excluding hydrogens is 381 g/mol. The minimum atomic E-state index is -5.83. The number of hydrogen-bond donors (Lipinski definition) is 1. The summed E-state index contributed by atoms with van der Waals surface area (Å²) >= 11 is 0. The van der Waals surface area contributed by atoms with Crippen LogP contribution in [0.1, 0.15) is 64.7 Å². The first kappa shape index (κ1) is 23.8. The first-order valence-corrected chi connectivity index (χ1v) is 10.1. The zero-order valence-corrected chi connectivity index (χ0v) is 17.7. The first-order chi connectivity index (χ1) is 11.9. The van der Waals surface area contributed by atoms with Crippen molar-refractivity contribution in [3.8, 4) is 5.75 Å². The molecule has 0 heterocycles. The van der Waals surface area contributed by atoms with Crippen LogP contribution in [-0.4, -0.2) is 31.0 Å². The lowest BCUT2D eigenvalue weighted by Gasteiger charge is -2.30. The monoisotopic (exact) mass is 410 g/mol. The Labute approximate surface area is 159 Å². The van der Waals surface area contributed by atoms with Gasteiger partial charge in [-0.1, -0.05) is 59.2 Å². The highest BCUT2D eigenvalue weighted by atomic mass is 32.2. The van der Waals surface area contributed by atoms with Crippen LogP contribution in [-0.2, 0) is 20.9 Å². The second-order valence-corrected chi connectivity index (χ2v) is 10.3. The molecule has 4 nitrogen and oxygen atoms in total. The fourth-order valence-corrected chi connectivity index (χ4v) is 3.08. The Morgan fingerprint density at radius 3 is 1.78 bits per heavy atom. The van der Waals surface area contributed by atoms with Gasteiger partial charge in [0.2, 0.25) is 0 Å². The predicted molar refractivity (Wildman–Crippen MR) is 100 cm³/mol. The van der Waals surface area contributed by atoms with Crippen molar-refractivity contribution >= 4 is 10.1 Å². The molecule has 156 valence electrons. The van der Waals surface area contributed by atoms with E-state index in [1.54, 1.807) is 0 Å². The molecule has 27 heavy (non-hydrogen) atoms. The molecule has 1 aromatic carbocycles. The third-order valence-electron chi connectivity index (χ3n) is 4.18. The van der Waals surface area contributed by atoms with Gasteiger partial charge in [-0.05, 0) is 17.8 Å². The van der Waals surface area contributed by atoms with Crippen molar-refractivity contribution in [1.29, 1.82) is 0 Å². The number of aryl methyl sites for hydroxylation is 1. The average molecular weight is 410 g/mol. The average Bonchev–Trinajstić information content (AvgIpc) is 2.44. The number of hydrogen-bond acceptors (Lipinski definition) is 3. The van der Waals surface area contributed by atoms with Crippen molar-refractivity contribution in [2.24, 2.45) is 0 Å². The Bertz CT molecular complexity index is 740. The normalized spacial score (nSPS) is 14.9. The van der Waals surface area contributed by atoms with E-state index >= 15 is 0 Å². The van der Waals surface area contributed by atoms with Gasteiger partial charge in [0.1, 0.15) is 5.75 Å². The third kappa shape index (κ3) is 5.60. The quantitative estimate of drug-likeness (QED) is 0.657. The fraction of sp³-hybridized carbons (Fsp3) is 0.684. The van der Waals surface area contributed by atoms with Gasteiger partial charge in [0.05, 0.1) is 6.61 Å². The second kappa shape index (κ2) is 7.62. The number of rotatable bonds is 6. The number of ether oxygens (including phenoxy) is 1. The van der Waals surface area contributed by atoms with Gasteiger partial charge in [-0.2, -0.15) is 17.2 Å². The van der Waals surface area contributed by atoms with Crippen LogP contribution < -0.4 is 4.74 Å². The van der Waals surface area contributed by atoms with Crippen molar-refractivity contribution in [3.63, 3.8) is 0 Å². The van der Waals surface area contributed by atoms with Crippen LogP contribution in [0.3, 0.4) is 0 Å². The van der Waals surface area contributed by atoms with Gasteiger partial charge >= 0.3 is 15.4 Å². The van der Waals surface area contributed by atoms with Crippen LogP contribution in [0.25, 0.3) is 0 Å². The van der Waals surface area contributed by atoms with E-state index in [1.807, 2.05) is 60.6 Å². The molecular formula is C19H29F3O4S. The molecule has 1 unspecified atom stereocenters. The summed E-state index contributed by atoms with van der Waals surface area (Å²) in [6.45, 7) is 13.4. The summed E-state index contributed by atoms with van der Waals surface area (Å²) in [7, 11) is -5.83. The molecule has 0 aromatic heterocycles. The zero-order valence-electron chi connectivity index (χ0n) is 16.9. The minimum Gasteiger partial charge on any atom is -0.493 e. The molecule has 0 saturated heterocycles. The third-order valence-corrected chi connectivity index (χ3v) is 5.12. The smallest absolute Gasteiger partial charge is 0.400 e. The van der Waals surface area contributed by atoms with Crippen LogP contribution in [0, 0.1) is 6.92 Å². The molecule has 0 fully saturated rings. The fourth-order valence-electron chi connectivity index (χ4n) is 2.64. The van der Waals surface area contributed by atoms with Gasteiger partial charge in [-0.15, -0.1) is 0 Å². The summed E-state index contributed by atoms with van der Waals surface area (Å²) in [6, 6.07) is 3.87. The molecule has 0 bridgehead atoms. The maximum Gasteiger partial charge on any atom is 0.400 e. The molecule has 1 N–H and O–H groups in total. The van der Waals surface area contributed by atoms with Crippen molar-refractivity contribution < 1.29 is 30.9 Å². The summed E-state index contributed by atoms with van der Waals surface area (Å²) in [5.41, 5.74) is 2.09. The maximum absolute atomic E-state index is 13.7. The van der Waals surface area contributed by atoms with Crippen molar-refractivity contribution in [2.75, 3.05) is 6.61 Å². The standard InChI is InChI=1S/C19H29F3O4S/c1-12-10-13(17(2,3)4)16(14(11-12)18(5,6)7)26-9-8-15(20)19(21,22)27(23,24)25/h10-11,15H,8-9H2,1-7H3,(H,23,24,25). The van der Waals surface area contributed by atoms with E-state index in [9.17, 15) is 21.6 Å². The van der Waals surface area contributed by atoms with E-state index in [2.05, 4.69) is 0 Å². The van der Waals surface area contributed by atoms with E-state index in [0.29, 0.717) is 5.75 Å². The summed E-state index contributed by atoms with van der Waals surface area (Å²) in [6.07, 6.45) is -3.96. The van der Waals surface area contributed by atoms with E-state index in [0.717, 1.165) is 16.7 Å². The minimum absolute atomic E-state index is 0.311. The molecule has 0 spiro atoms. The lowest BCUT2D eigenvalue weighted by Crippen LogP contribution is -2.39. The number of benzene rings is 1. The van der Waals surface area contributed by atoms with Crippen LogP contribution in [0.2, 0.25) is 0 Å².